The van der Waals surface area contributed by atoms with Crippen molar-refractivity contribution in [2.45, 2.75) is 0 Å². The Kier molecular flexibility index (Phi) is 7.67. The third kappa shape index (κ3) is 6.54. The zero-order valence-corrected chi connectivity index (χ0v) is 19.7. The lowest BCUT2D eigenvalue weighted by molar-refractivity contribution is 0.214. The third-order valence-electron chi connectivity index (χ3n) is 5.10. The maximum absolute atomic E-state index is 12.2. The fourth-order valence-electron chi connectivity index (χ4n) is 3.33. The van der Waals surface area contributed by atoms with Gasteiger partial charge in [0.15, 0.2) is 0 Å². The normalized spacial score (nSPS) is 10.2. The van der Waals surface area contributed by atoms with E-state index in [1.54, 1.807) is 87.0 Å². The van der Waals surface area contributed by atoms with Crippen molar-refractivity contribution in [3.8, 4) is 34.1 Å². The molecule has 0 heterocycles. The molecule has 0 saturated heterocycles. The number of methoxy groups -OCH3 is 2. The molecule has 8 heteroatoms. The van der Waals surface area contributed by atoms with Gasteiger partial charge in [0.25, 0.3) is 0 Å². The van der Waals surface area contributed by atoms with Crippen LogP contribution < -0.4 is 29.6 Å². The highest BCUT2D eigenvalue weighted by atomic mass is 16.6. The van der Waals surface area contributed by atoms with Gasteiger partial charge in [-0.3, -0.25) is 10.6 Å². The summed E-state index contributed by atoms with van der Waals surface area (Å²) in [5.41, 5.74) is 2.94. The number of carbonyl (C=O) groups is 2. The van der Waals surface area contributed by atoms with Gasteiger partial charge >= 0.3 is 12.2 Å². The number of carbonyl (C=O) groups excluding carboxylic acids is 2. The summed E-state index contributed by atoms with van der Waals surface area (Å²) in [4.78, 5) is 24.4. The van der Waals surface area contributed by atoms with E-state index in [0.29, 0.717) is 34.4 Å². The molecule has 0 atom stereocenters. The first-order valence-corrected chi connectivity index (χ1v) is 11.0. The van der Waals surface area contributed by atoms with Crippen LogP contribution in [-0.4, -0.2) is 26.4 Å². The molecule has 0 aliphatic rings. The minimum absolute atomic E-state index is 0.397. The predicted molar refractivity (Wildman–Crippen MR) is 137 cm³/mol. The van der Waals surface area contributed by atoms with Crippen LogP contribution in [0.1, 0.15) is 0 Å². The van der Waals surface area contributed by atoms with E-state index in [2.05, 4.69) is 10.6 Å². The maximum Gasteiger partial charge on any atom is 0.417 e. The van der Waals surface area contributed by atoms with Crippen molar-refractivity contribution in [1.82, 2.24) is 0 Å². The Morgan fingerprint density at radius 3 is 1.28 bits per heavy atom. The van der Waals surface area contributed by atoms with Gasteiger partial charge in [-0.15, -0.1) is 0 Å². The largest absolute Gasteiger partial charge is 0.497 e. The standard InChI is InChI=1S/C28H24N2O6/c1-33-25-7-3-5-21(17-25)29-27(31)35-23-13-9-19(10-14-23)20-11-15-24(16-12-20)36-28(32)30-22-6-4-8-26(18-22)34-2/h3-18H,1-2H3,(H,29,31)(H,30,32). The molecule has 4 rings (SSSR count). The minimum atomic E-state index is -0.607. The number of hydrogen-bond donors (Lipinski definition) is 2. The topological polar surface area (TPSA) is 95.1 Å². The lowest BCUT2D eigenvalue weighted by Crippen LogP contribution is -2.16. The van der Waals surface area contributed by atoms with Crippen molar-refractivity contribution in [1.29, 1.82) is 0 Å². The first kappa shape index (κ1) is 24.2. The Balaban J connectivity index is 1.32. The highest BCUT2D eigenvalue weighted by Gasteiger charge is 2.09. The quantitative estimate of drug-likeness (QED) is 0.307. The van der Waals surface area contributed by atoms with Gasteiger partial charge in [-0.1, -0.05) is 36.4 Å². The number of nitrogens with one attached hydrogen (secondary N) is 2. The number of anilines is 2. The molecule has 0 saturated carbocycles. The number of rotatable bonds is 7. The molecule has 2 N–H and O–H groups in total. The Labute approximate surface area is 208 Å². The monoisotopic (exact) mass is 484 g/mol. The average Bonchev–Trinajstić information content (AvgIpc) is 2.89. The van der Waals surface area contributed by atoms with Gasteiger partial charge in [0, 0.05) is 23.5 Å². The Hall–Kier alpha value is -4.98. The smallest absolute Gasteiger partial charge is 0.417 e. The lowest BCUT2D eigenvalue weighted by Gasteiger charge is -2.10. The molecule has 0 aliphatic heterocycles. The van der Waals surface area contributed by atoms with Crippen LogP contribution in [0.25, 0.3) is 11.1 Å². The average molecular weight is 485 g/mol. The highest BCUT2D eigenvalue weighted by Crippen LogP contribution is 2.25. The number of hydrogen-bond acceptors (Lipinski definition) is 6. The second kappa shape index (κ2) is 11.4. The fourth-order valence-corrected chi connectivity index (χ4v) is 3.33. The van der Waals surface area contributed by atoms with Crippen molar-refractivity contribution in [3.63, 3.8) is 0 Å². The van der Waals surface area contributed by atoms with Crippen molar-refractivity contribution in [2.24, 2.45) is 0 Å². The third-order valence-corrected chi connectivity index (χ3v) is 5.10. The molecule has 0 fully saturated rings. The van der Waals surface area contributed by atoms with Crippen molar-refractivity contribution < 1.29 is 28.5 Å². The van der Waals surface area contributed by atoms with Gasteiger partial charge in [-0.05, 0) is 59.7 Å². The van der Waals surface area contributed by atoms with Gasteiger partial charge in [-0.25, -0.2) is 9.59 Å². The van der Waals surface area contributed by atoms with Crippen LogP contribution in [0.4, 0.5) is 21.0 Å². The summed E-state index contributed by atoms with van der Waals surface area (Å²) >= 11 is 0. The number of benzene rings is 4. The van der Waals surface area contributed by atoms with E-state index < -0.39 is 12.2 Å². The number of ether oxygens (including phenoxy) is 4. The zero-order valence-electron chi connectivity index (χ0n) is 19.7. The van der Waals surface area contributed by atoms with Crippen LogP contribution in [0.5, 0.6) is 23.0 Å². The SMILES string of the molecule is COc1cccc(NC(=O)Oc2ccc(-c3ccc(OC(=O)Nc4cccc(OC)c4)cc3)cc2)c1. The van der Waals surface area contributed by atoms with Crippen molar-refractivity contribution in [2.75, 3.05) is 24.9 Å². The summed E-state index contributed by atoms with van der Waals surface area (Å²) in [6, 6.07) is 28.1. The van der Waals surface area contributed by atoms with Crippen LogP contribution in [0, 0.1) is 0 Å². The summed E-state index contributed by atoms with van der Waals surface area (Å²) in [5.74, 6) is 2.05. The van der Waals surface area contributed by atoms with E-state index in [4.69, 9.17) is 18.9 Å². The number of amides is 2. The molecule has 0 radical (unpaired) electrons. The first-order valence-electron chi connectivity index (χ1n) is 11.0. The van der Waals surface area contributed by atoms with E-state index >= 15 is 0 Å². The van der Waals surface area contributed by atoms with Crippen LogP contribution >= 0.6 is 0 Å². The van der Waals surface area contributed by atoms with Crippen molar-refractivity contribution in [3.05, 3.63) is 97.1 Å². The van der Waals surface area contributed by atoms with E-state index in [9.17, 15) is 9.59 Å². The summed E-state index contributed by atoms with van der Waals surface area (Å²) < 4.78 is 21.0. The summed E-state index contributed by atoms with van der Waals surface area (Å²) in [5, 5.41) is 5.32. The second-order valence-corrected chi connectivity index (χ2v) is 7.54. The van der Waals surface area contributed by atoms with Gasteiger partial charge < -0.3 is 18.9 Å². The molecule has 4 aromatic carbocycles. The lowest BCUT2D eigenvalue weighted by atomic mass is 10.1. The van der Waals surface area contributed by atoms with Crippen LogP contribution in [0.2, 0.25) is 0 Å². The predicted octanol–water partition coefficient (Wildman–Crippen LogP) is 6.59. The fraction of sp³-hybridized carbons (Fsp3) is 0.0714. The Morgan fingerprint density at radius 2 is 0.917 bits per heavy atom. The molecule has 0 spiro atoms. The van der Waals surface area contributed by atoms with Crippen LogP contribution in [0.15, 0.2) is 97.1 Å². The molecule has 4 aromatic rings. The molecule has 36 heavy (non-hydrogen) atoms. The van der Waals surface area contributed by atoms with E-state index in [0.717, 1.165) is 11.1 Å². The minimum Gasteiger partial charge on any atom is -0.497 e. The Bertz CT molecular complexity index is 1230. The van der Waals surface area contributed by atoms with Gasteiger partial charge in [0.1, 0.15) is 23.0 Å². The molecule has 182 valence electrons. The molecule has 8 nitrogen and oxygen atoms in total. The van der Waals surface area contributed by atoms with Crippen LogP contribution in [0.3, 0.4) is 0 Å². The van der Waals surface area contributed by atoms with Gasteiger partial charge in [0.2, 0.25) is 0 Å². The van der Waals surface area contributed by atoms with E-state index in [-0.39, 0.29) is 0 Å². The summed E-state index contributed by atoms with van der Waals surface area (Å²) in [6.07, 6.45) is -1.21. The second-order valence-electron chi connectivity index (χ2n) is 7.54. The molecular weight excluding hydrogens is 460 g/mol. The van der Waals surface area contributed by atoms with Gasteiger partial charge in [-0.2, -0.15) is 0 Å². The first-order chi connectivity index (χ1) is 17.5. The molecule has 0 unspecified atom stereocenters. The highest BCUT2D eigenvalue weighted by molar-refractivity contribution is 5.87. The molecule has 2 amide bonds. The molecule has 0 aromatic heterocycles. The molecule has 0 bridgehead atoms. The van der Waals surface area contributed by atoms with Crippen molar-refractivity contribution >= 4 is 23.6 Å². The summed E-state index contributed by atoms with van der Waals surface area (Å²) in [6.45, 7) is 0. The van der Waals surface area contributed by atoms with E-state index in [1.165, 1.54) is 0 Å². The zero-order chi connectivity index (χ0) is 25.3. The van der Waals surface area contributed by atoms with Crippen LogP contribution in [-0.2, 0) is 0 Å². The Morgan fingerprint density at radius 1 is 0.528 bits per heavy atom. The molecule has 0 aliphatic carbocycles. The molecular formula is C28H24N2O6. The van der Waals surface area contributed by atoms with E-state index in [1.807, 2.05) is 24.3 Å². The maximum atomic E-state index is 12.2. The summed E-state index contributed by atoms with van der Waals surface area (Å²) in [7, 11) is 3.11. The van der Waals surface area contributed by atoms with Gasteiger partial charge in [0.05, 0.1) is 14.2 Å².